The van der Waals surface area contributed by atoms with Gasteiger partial charge in [0.1, 0.15) is 5.65 Å². The predicted molar refractivity (Wildman–Crippen MR) is 197 cm³/mol. The van der Waals surface area contributed by atoms with E-state index in [0.29, 0.717) is 0 Å². The van der Waals surface area contributed by atoms with E-state index in [1.807, 2.05) is 0 Å². The number of hydrogen-bond acceptors (Lipinski definition) is 1. The zero-order valence-electron chi connectivity index (χ0n) is 25.2. The number of aromatic nitrogens is 2. The number of nitrogens with zero attached hydrogens (tertiary/aromatic N) is 2. The lowest BCUT2D eigenvalue weighted by Gasteiger charge is -2.34. The number of rotatable bonds is 5. The Bertz CT molecular complexity index is 2410. The summed E-state index contributed by atoms with van der Waals surface area (Å²) in [7, 11) is -2.56. The van der Waals surface area contributed by atoms with E-state index in [2.05, 4.69) is 186 Å². The van der Waals surface area contributed by atoms with Crippen LogP contribution in [0.1, 0.15) is 0 Å². The molecule has 46 heavy (non-hydrogen) atoms. The Labute approximate surface area is 268 Å². The van der Waals surface area contributed by atoms with Crippen molar-refractivity contribution in [3.63, 3.8) is 0 Å². The zero-order chi connectivity index (χ0) is 30.5. The van der Waals surface area contributed by atoms with Gasteiger partial charge in [0.25, 0.3) is 0 Å². The van der Waals surface area contributed by atoms with Crippen molar-refractivity contribution in [2.24, 2.45) is 0 Å². The van der Waals surface area contributed by atoms with Gasteiger partial charge in [-0.1, -0.05) is 158 Å². The second-order valence-corrected chi connectivity index (χ2v) is 15.8. The molecule has 0 N–H and O–H groups in total. The van der Waals surface area contributed by atoms with Crippen molar-refractivity contribution in [2.75, 3.05) is 0 Å². The molecule has 0 bridgehead atoms. The van der Waals surface area contributed by atoms with Gasteiger partial charge in [0.05, 0.1) is 16.6 Å². The third kappa shape index (κ3) is 3.99. The van der Waals surface area contributed by atoms with Crippen LogP contribution in [0.3, 0.4) is 0 Å². The van der Waals surface area contributed by atoms with Crippen molar-refractivity contribution in [3.05, 3.63) is 182 Å². The Morgan fingerprint density at radius 3 is 1.50 bits per heavy atom. The van der Waals surface area contributed by atoms with Crippen LogP contribution in [0, 0.1) is 0 Å². The van der Waals surface area contributed by atoms with Crippen LogP contribution in [-0.2, 0) is 0 Å². The van der Waals surface area contributed by atoms with Gasteiger partial charge in [-0.05, 0) is 61.5 Å². The lowest BCUT2D eigenvalue weighted by atomic mass is 10.00. The number of pyridine rings is 1. The first-order chi connectivity index (χ1) is 22.8. The minimum absolute atomic E-state index is 1.01. The molecule has 0 radical (unpaired) electrons. The average molecular weight is 603 g/mol. The third-order valence-corrected chi connectivity index (χ3v) is 14.3. The number of hydrogen-bond donors (Lipinski definition) is 0. The molecule has 7 aromatic carbocycles. The van der Waals surface area contributed by atoms with Crippen molar-refractivity contribution < 1.29 is 0 Å². The van der Waals surface area contributed by atoms with E-state index in [-0.39, 0.29) is 0 Å². The van der Waals surface area contributed by atoms with Gasteiger partial charge in [0.2, 0.25) is 0 Å². The van der Waals surface area contributed by atoms with Crippen LogP contribution in [0.4, 0.5) is 0 Å². The second kappa shape index (κ2) is 10.7. The Balaban J connectivity index is 1.25. The molecule has 0 saturated carbocycles. The molecule has 0 saturated heterocycles. The van der Waals surface area contributed by atoms with Gasteiger partial charge in [0.15, 0.2) is 8.07 Å². The predicted octanol–water partition coefficient (Wildman–Crippen LogP) is 7.84. The summed E-state index contributed by atoms with van der Waals surface area (Å²) >= 11 is 0. The van der Waals surface area contributed by atoms with Crippen LogP contribution in [-0.4, -0.2) is 17.5 Å². The highest BCUT2D eigenvalue weighted by atomic mass is 28.3. The summed E-state index contributed by atoms with van der Waals surface area (Å²) < 4.78 is 2.32. The van der Waals surface area contributed by atoms with E-state index in [1.165, 1.54) is 53.5 Å². The molecule has 216 valence electrons. The summed E-state index contributed by atoms with van der Waals surface area (Å²) in [5.41, 5.74) is 6.75. The van der Waals surface area contributed by atoms with Crippen LogP contribution < -0.4 is 20.7 Å². The van der Waals surface area contributed by atoms with Gasteiger partial charge in [-0.15, -0.1) is 0 Å². The second-order valence-electron chi connectivity index (χ2n) is 12.0. The van der Waals surface area contributed by atoms with Gasteiger partial charge in [0, 0.05) is 10.8 Å². The van der Waals surface area contributed by atoms with Gasteiger partial charge in [-0.25, -0.2) is 4.98 Å². The van der Waals surface area contributed by atoms with Crippen molar-refractivity contribution in [2.45, 2.75) is 0 Å². The van der Waals surface area contributed by atoms with Crippen molar-refractivity contribution in [1.82, 2.24) is 9.38 Å². The maximum atomic E-state index is 5.05. The SMILES string of the molecule is c1ccc([Si](c2ccccc2)(c2ccccc2)c2ccc(-c3ccc4c(c3)c3ccccc3c3nc5ccccc5n43)cc2)cc1. The highest BCUT2D eigenvalue weighted by Crippen LogP contribution is 2.34. The first-order valence-electron chi connectivity index (χ1n) is 15.8. The molecule has 3 heteroatoms. The van der Waals surface area contributed by atoms with Crippen molar-refractivity contribution >= 4 is 67.2 Å². The Morgan fingerprint density at radius 2 is 0.870 bits per heavy atom. The lowest BCUT2D eigenvalue weighted by Crippen LogP contribution is -2.74. The summed E-state index contributed by atoms with van der Waals surface area (Å²) in [6, 6.07) is 66.7. The smallest absolute Gasteiger partial charge is 0.179 e. The molecule has 0 aliphatic heterocycles. The minimum atomic E-state index is -2.56. The molecule has 0 spiro atoms. The van der Waals surface area contributed by atoms with Crippen LogP contribution in [0.5, 0.6) is 0 Å². The minimum Gasteiger partial charge on any atom is -0.292 e. The molecule has 2 heterocycles. The third-order valence-electron chi connectivity index (χ3n) is 9.53. The number of imidazole rings is 1. The summed E-state index contributed by atoms with van der Waals surface area (Å²) in [5, 5.41) is 9.15. The molecule has 0 unspecified atom stereocenters. The number of benzene rings is 7. The Hall–Kier alpha value is -5.77. The molecular weight excluding hydrogens is 573 g/mol. The normalized spacial score (nSPS) is 11.9. The van der Waals surface area contributed by atoms with Gasteiger partial charge >= 0.3 is 0 Å². The van der Waals surface area contributed by atoms with Crippen LogP contribution in [0.25, 0.3) is 49.5 Å². The highest BCUT2D eigenvalue weighted by Gasteiger charge is 2.41. The topological polar surface area (TPSA) is 17.3 Å². The van der Waals surface area contributed by atoms with E-state index >= 15 is 0 Å². The quantitative estimate of drug-likeness (QED) is 0.111. The maximum absolute atomic E-state index is 5.05. The Kier molecular flexibility index (Phi) is 6.18. The van der Waals surface area contributed by atoms with Gasteiger partial charge in [-0.3, -0.25) is 4.40 Å². The average Bonchev–Trinajstić information content (AvgIpc) is 3.54. The van der Waals surface area contributed by atoms with E-state index in [0.717, 1.165) is 16.7 Å². The van der Waals surface area contributed by atoms with Crippen LogP contribution in [0.2, 0.25) is 0 Å². The van der Waals surface area contributed by atoms with E-state index < -0.39 is 8.07 Å². The molecule has 9 aromatic rings. The highest BCUT2D eigenvalue weighted by molar-refractivity contribution is 7.19. The molecule has 2 aromatic heterocycles. The largest absolute Gasteiger partial charge is 0.292 e. The van der Waals surface area contributed by atoms with Crippen LogP contribution >= 0.6 is 0 Å². The molecule has 2 nitrogen and oxygen atoms in total. The fourth-order valence-electron chi connectivity index (χ4n) is 7.47. The van der Waals surface area contributed by atoms with E-state index in [9.17, 15) is 0 Å². The molecule has 0 aliphatic carbocycles. The first-order valence-corrected chi connectivity index (χ1v) is 17.8. The fourth-order valence-corrected chi connectivity index (χ4v) is 12.2. The molecular formula is C43H30N2Si. The zero-order valence-corrected chi connectivity index (χ0v) is 26.2. The fraction of sp³-hybridized carbons (Fsp3) is 0. The lowest BCUT2D eigenvalue weighted by molar-refractivity contribution is 1.31. The van der Waals surface area contributed by atoms with E-state index in [4.69, 9.17) is 4.98 Å². The summed E-state index contributed by atoms with van der Waals surface area (Å²) in [4.78, 5) is 5.05. The summed E-state index contributed by atoms with van der Waals surface area (Å²) in [6.07, 6.45) is 0. The van der Waals surface area contributed by atoms with Crippen molar-refractivity contribution in [3.8, 4) is 11.1 Å². The molecule has 0 atom stereocenters. The van der Waals surface area contributed by atoms with Gasteiger partial charge < -0.3 is 0 Å². The standard InChI is InChI=1S/C43H30N2Si/c1-4-14-33(15-5-1)46(34-16-6-2-7-17-34,35-18-8-3-9-19-35)36-27-24-31(25-28-36)32-26-29-41-39(30-32)37-20-10-11-21-38(37)43-44-40-22-12-13-23-42(40)45(41)43/h1-30H. The van der Waals surface area contributed by atoms with E-state index in [1.54, 1.807) is 0 Å². The summed E-state index contributed by atoms with van der Waals surface area (Å²) in [6.45, 7) is 0. The first kappa shape index (κ1) is 26.6. The number of para-hydroxylation sites is 2. The monoisotopic (exact) mass is 602 g/mol. The number of fused-ring (bicyclic) bond motifs is 8. The Morgan fingerprint density at radius 1 is 0.370 bits per heavy atom. The maximum Gasteiger partial charge on any atom is 0.179 e. The molecule has 0 aliphatic rings. The molecule has 9 rings (SSSR count). The molecule has 0 amide bonds. The molecule has 0 fully saturated rings. The van der Waals surface area contributed by atoms with Gasteiger partial charge in [-0.2, -0.15) is 0 Å². The summed E-state index contributed by atoms with van der Waals surface area (Å²) in [5.74, 6) is 0. The van der Waals surface area contributed by atoms with Crippen molar-refractivity contribution in [1.29, 1.82) is 0 Å². The van der Waals surface area contributed by atoms with Crippen LogP contribution in [0.15, 0.2) is 182 Å².